The predicted octanol–water partition coefficient (Wildman–Crippen LogP) is 4.54. The zero-order valence-electron chi connectivity index (χ0n) is 18.3. The van der Waals surface area contributed by atoms with Crippen molar-refractivity contribution in [2.45, 2.75) is 64.2 Å². The molecule has 1 aliphatic heterocycles. The molecule has 0 spiro atoms. The summed E-state index contributed by atoms with van der Waals surface area (Å²) in [5.41, 5.74) is 3.33. The number of likely N-dealkylation sites (tertiary alicyclic amines) is 1. The van der Waals surface area contributed by atoms with Crippen molar-refractivity contribution < 1.29 is 9.59 Å². The van der Waals surface area contributed by atoms with Crippen LogP contribution in [0, 0.1) is 5.41 Å². The van der Waals surface area contributed by atoms with E-state index in [0.717, 1.165) is 56.5 Å². The number of hydrogen-bond donors (Lipinski definition) is 1. The summed E-state index contributed by atoms with van der Waals surface area (Å²) in [6.45, 7) is 2.11. The first kappa shape index (κ1) is 20.7. The molecule has 164 valence electrons. The summed E-state index contributed by atoms with van der Waals surface area (Å²) >= 11 is 1.66. The van der Waals surface area contributed by atoms with E-state index in [9.17, 15) is 9.59 Å². The summed E-state index contributed by atoms with van der Waals surface area (Å²) in [4.78, 5) is 30.9. The van der Waals surface area contributed by atoms with E-state index in [1.807, 2.05) is 4.90 Å². The Labute approximate surface area is 189 Å². The van der Waals surface area contributed by atoms with E-state index in [1.54, 1.807) is 11.3 Å². The molecule has 0 saturated carbocycles. The highest BCUT2D eigenvalue weighted by Gasteiger charge is 2.46. The summed E-state index contributed by atoms with van der Waals surface area (Å²) in [5.74, 6) is 0.209. The maximum Gasteiger partial charge on any atom is 0.261 e. The zero-order chi connectivity index (χ0) is 21.3. The summed E-state index contributed by atoms with van der Waals surface area (Å²) in [7, 11) is 0. The van der Waals surface area contributed by atoms with Gasteiger partial charge in [0, 0.05) is 24.5 Å². The van der Waals surface area contributed by atoms with Crippen LogP contribution in [0.1, 0.15) is 69.8 Å². The van der Waals surface area contributed by atoms with Crippen LogP contribution < -0.4 is 5.32 Å². The molecule has 5 rings (SSSR count). The highest BCUT2D eigenvalue weighted by atomic mass is 32.1. The SMILES string of the molecule is O=C(NCC1(C(=O)N2CCCC2)Cc2ccccc2C1)c1cc2c(s1)CCCCCC2. The van der Waals surface area contributed by atoms with Crippen molar-refractivity contribution in [3.05, 3.63) is 56.8 Å². The first-order chi connectivity index (χ1) is 15.1. The third-order valence-electron chi connectivity index (χ3n) is 7.33. The van der Waals surface area contributed by atoms with Crippen LogP contribution in [0.2, 0.25) is 0 Å². The van der Waals surface area contributed by atoms with Crippen LogP contribution in [-0.4, -0.2) is 36.3 Å². The predicted molar refractivity (Wildman–Crippen MR) is 125 cm³/mol. The Kier molecular flexibility index (Phi) is 5.87. The topological polar surface area (TPSA) is 49.4 Å². The summed E-state index contributed by atoms with van der Waals surface area (Å²) < 4.78 is 0. The molecule has 1 aromatic heterocycles. The number of thiophene rings is 1. The molecular weight excluding hydrogens is 404 g/mol. The van der Waals surface area contributed by atoms with E-state index in [0.29, 0.717) is 6.54 Å². The molecule has 0 bridgehead atoms. The smallest absolute Gasteiger partial charge is 0.261 e. The maximum absolute atomic E-state index is 13.6. The van der Waals surface area contributed by atoms with Gasteiger partial charge in [0.25, 0.3) is 5.91 Å². The van der Waals surface area contributed by atoms with Gasteiger partial charge in [-0.3, -0.25) is 9.59 Å². The molecule has 0 atom stereocenters. The van der Waals surface area contributed by atoms with Gasteiger partial charge in [-0.1, -0.05) is 37.1 Å². The first-order valence-corrected chi connectivity index (χ1v) is 12.7. The lowest BCUT2D eigenvalue weighted by Crippen LogP contribution is -2.50. The van der Waals surface area contributed by atoms with Crippen LogP contribution in [0.5, 0.6) is 0 Å². The number of nitrogens with one attached hydrogen (secondary N) is 1. The van der Waals surface area contributed by atoms with Gasteiger partial charge in [0.05, 0.1) is 10.3 Å². The number of benzene rings is 1. The van der Waals surface area contributed by atoms with Crippen LogP contribution in [-0.2, 0) is 30.5 Å². The number of hydrogen-bond acceptors (Lipinski definition) is 3. The Morgan fingerprint density at radius 2 is 1.58 bits per heavy atom. The van der Waals surface area contributed by atoms with Crippen molar-refractivity contribution in [1.29, 1.82) is 0 Å². The monoisotopic (exact) mass is 436 g/mol. The molecule has 0 unspecified atom stereocenters. The fourth-order valence-corrected chi connectivity index (χ4v) is 6.76. The van der Waals surface area contributed by atoms with Crippen LogP contribution in [0.25, 0.3) is 0 Å². The molecule has 2 aliphatic carbocycles. The van der Waals surface area contributed by atoms with Crippen LogP contribution in [0.15, 0.2) is 30.3 Å². The molecule has 4 nitrogen and oxygen atoms in total. The Morgan fingerprint density at radius 1 is 0.903 bits per heavy atom. The number of amides is 2. The molecule has 0 radical (unpaired) electrons. The van der Waals surface area contributed by atoms with Crippen molar-refractivity contribution in [1.82, 2.24) is 10.2 Å². The summed E-state index contributed by atoms with van der Waals surface area (Å²) in [5, 5.41) is 3.19. The van der Waals surface area contributed by atoms with Gasteiger partial charge in [0.1, 0.15) is 0 Å². The second-order valence-corrected chi connectivity index (χ2v) is 10.7. The number of carbonyl (C=O) groups excluding carboxylic acids is 2. The highest BCUT2D eigenvalue weighted by molar-refractivity contribution is 7.14. The minimum atomic E-state index is -0.546. The molecule has 2 amide bonds. The van der Waals surface area contributed by atoms with Crippen LogP contribution in [0.3, 0.4) is 0 Å². The zero-order valence-corrected chi connectivity index (χ0v) is 19.1. The Morgan fingerprint density at radius 3 is 2.29 bits per heavy atom. The number of aryl methyl sites for hydroxylation is 2. The summed E-state index contributed by atoms with van der Waals surface area (Å²) in [6, 6.07) is 10.5. The van der Waals surface area contributed by atoms with E-state index < -0.39 is 5.41 Å². The average molecular weight is 437 g/mol. The summed E-state index contributed by atoms with van der Waals surface area (Å²) in [6.07, 6.45) is 10.8. The minimum Gasteiger partial charge on any atom is -0.350 e. The second-order valence-electron chi connectivity index (χ2n) is 9.56. The molecule has 2 heterocycles. The molecule has 31 heavy (non-hydrogen) atoms. The number of rotatable bonds is 4. The molecule has 3 aliphatic rings. The van der Waals surface area contributed by atoms with Crippen LogP contribution >= 0.6 is 11.3 Å². The molecule has 1 saturated heterocycles. The number of nitrogens with zero attached hydrogens (tertiary/aromatic N) is 1. The van der Waals surface area contributed by atoms with Gasteiger partial charge in [-0.2, -0.15) is 0 Å². The van der Waals surface area contributed by atoms with Gasteiger partial charge < -0.3 is 10.2 Å². The van der Waals surface area contributed by atoms with Gasteiger partial charge in [-0.25, -0.2) is 0 Å². The lowest BCUT2D eigenvalue weighted by molar-refractivity contribution is -0.140. The molecule has 1 aromatic carbocycles. The Hall–Kier alpha value is -2.14. The van der Waals surface area contributed by atoms with E-state index in [-0.39, 0.29) is 11.8 Å². The quantitative estimate of drug-likeness (QED) is 0.765. The average Bonchev–Trinajstić information content (AvgIpc) is 3.50. The molecule has 2 aromatic rings. The van der Waals surface area contributed by atoms with Gasteiger partial charge in [0.2, 0.25) is 5.91 Å². The Balaban J connectivity index is 1.34. The van der Waals surface area contributed by atoms with E-state index in [4.69, 9.17) is 0 Å². The van der Waals surface area contributed by atoms with E-state index >= 15 is 0 Å². The third kappa shape index (κ3) is 4.17. The first-order valence-electron chi connectivity index (χ1n) is 11.9. The van der Waals surface area contributed by atoms with Crippen molar-refractivity contribution >= 4 is 23.2 Å². The van der Waals surface area contributed by atoms with E-state index in [2.05, 4.69) is 35.6 Å². The van der Waals surface area contributed by atoms with Crippen molar-refractivity contribution in [2.24, 2.45) is 5.41 Å². The highest BCUT2D eigenvalue weighted by Crippen LogP contribution is 2.39. The van der Waals surface area contributed by atoms with Crippen molar-refractivity contribution in [2.75, 3.05) is 19.6 Å². The largest absolute Gasteiger partial charge is 0.350 e. The third-order valence-corrected chi connectivity index (χ3v) is 8.57. The molecule has 5 heteroatoms. The lowest BCUT2D eigenvalue weighted by atomic mass is 9.82. The second kappa shape index (κ2) is 8.78. The van der Waals surface area contributed by atoms with Gasteiger partial charge in [0.15, 0.2) is 0 Å². The number of fused-ring (bicyclic) bond motifs is 2. The number of carbonyl (C=O) groups is 2. The minimum absolute atomic E-state index is 0.0127. The maximum atomic E-state index is 13.6. The van der Waals surface area contributed by atoms with Crippen molar-refractivity contribution in [3.63, 3.8) is 0 Å². The molecular formula is C26H32N2O2S. The van der Waals surface area contributed by atoms with E-state index in [1.165, 1.54) is 47.3 Å². The fourth-order valence-electron chi connectivity index (χ4n) is 5.59. The van der Waals surface area contributed by atoms with Gasteiger partial charge in [-0.15, -0.1) is 11.3 Å². The normalized spacial score (nSPS) is 19.9. The molecule has 1 fully saturated rings. The van der Waals surface area contributed by atoms with Gasteiger partial charge in [-0.05, 0) is 74.1 Å². The fraction of sp³-hybridized carbons (Fsp3) is 0.538. The Bertz CT molecular complexity index is 923. The van der Waals surface area contributed by atoms with Crippen molar-refractivity contribution in [3.8, 4) is 0 Å². The standard InChI is InChI=1S/C26H32N2O2S/c29-24(23-15-19-9-3-1-2-4-12-22(19)31-23)27-18-26(25(30)28-13-7-8-14-28)16-20-10-5-6-11-21(20)17-26/h5-6,10-11,15H,1-4,7-9,12-14,16-18H2,(H,27,29). The molecule has 1 N–H and O–H groups in total. The van der Waals surface area contributed by atoms with Gasteiger partial charge >= 0.3 is 0 Å². The van der Waals surface area contributed by atoms with Crippen LogP contribution in [0.4, 0.5) is 0 Å². The lowest BCUT2D eigenvalue weighted by Gasteiger charge is -2.32.